The van der Waals surface area contributed by atoms with E-state index >= 15 is 0 Å². The maximum atomic E-state index is 12.1. The van der Waals surface area contributed by atoms with E-state index in [1.165, 1.54) is 11.3 Å². The van der Waals surface area contributed by atoms with Crippen molar-refractivity contribution < 1.29 is 9.21 Å². The molecule has 0 atom stereocenters. The van der Waals surface area contributed by atoms with E-state index in [1.807, 2.05) is 11.4 Å². The Morgan fingerprint density at radius 2 is 2.12 bits per heavy atom. The Labute approximate surface area is 156 Å². The van der Waals surface area contributed by atoms with Crippen molar-refractivity contribution >= 4 is 51.4 Å². The number of nitrogens with zero attached hydrogens (tertiary/aromatic N) is 3. The number of hydrogen-bond donors (Lipinski definition) is 1. The first-order chi connectivity index (χ1) is 12.0. The quantitative estimate of drug-likeness (QED) is 0.536. The molecule has 1 amide bonds. The third-order valence-corrected chi connectivity index (χ3v) is 4.84. The van der Waals surface area contributed by atoms with E-state index in [1.54, 1.807) is 35.7 Å². The monoisotopic (exact) mass is 392 g/mol. The lowest BCUT2D eigenvalue weighted by atomic mass is 10.2. The molecule has 4 aromatic rings. The van der Waals surface area contributed by atoms with E-state index in [9.17, 15) is 4.79 Å². The van der Waals surface area contributed by atoms with Gasteiger partial charge in [0.05, 0.1) is 10.7 Å². The molecule has 0 aliphatic rings. The number of aryl methyl sites for hydroxylation is 1. The predicted octanol–water partition coefficient (Wildman–Crippen LogP) is 4.92. The highest BCUT2D eigenvalue weighted by Crippen LogP contribution is 2.33. The zero-order chi connectivity index (χ0) is 17.6. The van der Waals surface area contributed by atoms with Crippen LogP contribution in [-0.4, -0.2) is 20.5 Å². The molecule has 0 fully saturated rings. The summed E-state index contributed by atoms with van der Waals surface area (Å²) in [6.45, 7) is 1.77. The summed E-state index contributed by atoms with van der Waals surface area (Å²) in [7, 11) is 0. The lowest BCUT2D eigenvalue weighted by Gasteiger charge is -2.02. The fourth-order valence-corrected chi connectivity index (χ4v) is 3.66. The van der Waals surface area contributed by atoms with Crippen molar-refractivity contribution in [2.75, 3.05) is 5.32 Å². The van der Waals surface area contributed by atoms with Gasteiger partial charge in [0.25, 0.3) is 11.9 Å². The van der Waals surface area contributed by atoms with Crippen LogP contribution in [0.2, 0.25) is 10.0 Å². The van der Waals surface area contributed by atoms with Crippen LogP contribution in [0.4, 0.5) is 5.95 Å². The number of rotatable bonds is 3. The van der Waals surface area contributed by atoms with Crippen molar-refractivity contribution in [3.8, 4) is 11.3 Å². The summed E-state index contributed by atoms with van der Waals surface area (Å²) in [4.78, 5) is 17.1. The molecule has 1 aromatic carbocycles. The number of carbonyl (C=O) groups excluding carboxylic acids is 1. The fourth-order valence-electron chi connectivity index (χ4n) is 2.34. The number of fused-ring (bicyclic) bond motifs is 1. The normalized spacial score (nSPS) is 11.2. The Balaban J connectivity index is 1.67. The van der Waals surface area contributed by atoms with E-state index in [-0.39, 0.29) is 11.7 Å². The third-order valence-electron chi connectivity index (χ3n) is 3.48. The average molecular weight is 393 g/mol. The Hall–Kier alpha value is -2.35. The van der Waals surface area contributed by atoms with Crippen molar-refractivity contribution in [1.82, 2.24) is 14.6 Å². The Kier molecular flexibility index (Phi) is 3.99. The van der Waals surface area contributed by atoms with E-state index in [0.29, 0.717) is 20.8 Å². The highest BCUT2D eigenvalue weighted by molar-refractivity contribution is 7.15. The van der Waals surface area contributed by atoms with E-state index in [0.717, 1.165) is 11.3 Å². The highest BCUT2D eigenvalue weighted by atomic mass is 35.5. The van der Waals surface area contributed by atoms with Gasteiger partial charge in [-0.1, -0.05) is 23.2 Å². The molecule has 25 heavy (non-hydrogen) atoms. The maximum Gasteiger partial charge on any atom is 0.293 e. The van der Waals surface area contributed by atoms with Crippen molar-refractivity contribution in [3.05, 3.63) is 57.3 Å². The SMILES string of the molecule is Cc1ccc(C(=O)Nc2nc3scc(-c4ccc(Cl)cc4Cl)n3n2)o1. The first-order valence-corrected chi connectivity index (χ1v) is 8.82. The molecular weight excluding hydrogens is 383 g/mol. The minimum Gasteiger partial charge on any atom is -0.456 e. The number of halogens is 2. The Morgan fingerprint density at radius 1 is 1.28 bits per heavy atom. The number of anilines is 1. The largest absolute Gasteiger partial charge is 0.456 e. The zero-order valence-electron chi connectivity index (χ0n) is 12.8. The molecule has 3 heterocycles. The lowest BCUT2D eigenvalue weighted by Crippen LogP contribution is -2.12. The van der Waals surface area contributed by atoms with Crippen molar-refractivity contribution in [2.45, 2.75) is 6.92 Å². The zero-order valence-corrected chi connectivity index (χ0v) is 15.1. The van der Waals surface area contributed by atoms with Gasteiger partial charge in [-0.15, -0.1) is 16.4 Å². The van der Waals surface area contributed by atoms with Crippen LogP contribution in [0, 0.1) is 6.92 Å². The molecule has 126 valence electrons. The summed E-state index contributed by atoms with van der Waals surface area (Å²) in [5.74, 6) is 0.648. The maximum absolute atomic E-state index is 12.1. The molecule has 0 saturated heterocycles. The van der Waals surface area contributed by atoms with E-state index < -0.39 is 5.91 Å². The molecular formula is C16H10Cl2N4O2S. The van der Waals surface area contributed by atoms with E-state index in [2.05, 4.69) is 15.4 Å². The van der Waals surface area contributed by atoms with Crippen LogP contribution in [0.1, 0.15) is 16.3 Å². The molecule has 0 aliphatic heterocycles. The van der Waals surface area contributed by atoms with Gasteiger partial charge in [0.1, 0.15) is 5.76 Å². The second-order valence-corrected chi connectivity index (χ2v) is 6.92. The average Bonchev–Trinajstić information content (AvgIpc) is 3.23. The molecule has 4 rings (SSSR count). The molecule has 6 nitrogen and oxygen atoms in total. The van der Waals surface area contributed by atoms with E-state index in [4.69, 9.17) is 27.6 Å². The summed E-state index contributed by atoms with van der Waals surface area (Å²) in [6, 6.07) is 8.56. The minimum absolute atomic E-state index is 0.192. The van der Waals surface area contributed by atoms with Crippen LogP contribution >= 0.6 is 34.5 Å². The smallest absolute Gasteiger partial charge is 0.293 e. The third kappa shape index (κ3) is 3.02. The van der Waals surface area contributed by atoms with Gasteiger partial charge in [-0.05, 0) is 37.3 Å². The summed E-state index contributed by atoms with van der Waals surface area (Å²) >= 11 is 13.6. The number of amides is 1. The van der Waals surface area contributed by atoms with Crippen molar-refractivity contribution in [2.24, 2.45) is 0 Å². The minimum atomic E-state index is -0.405. The summed E-state index contributed by atoms with van der Waals surface area (Å²) < 4.78 is 6.92. The summed E-state index contributed by atoms with van der Waals surface area (Å²) in [5.41, 5.74) is 1.55. The van der Waals surface area contributed by atoms with Gasteiger partial charge in [-0.3, -0.25) is 10.1 Å². The first-order valence-electron chi connectivity index (χ1n) is 7.19. The van der Waals surface area contributed by atoms with Gasteiger partial charge < -0.3 is 4.42 Å². The van der Waals surface area contributed by atoms with Crippen LogP contribution in [0.5, 0.6) is 0 Å². The lowest BCUT2D eigenvalue weighted by molar-refractivity contribution is 0.0994. The molecule has 0 saturated carbocycles. The molecule has 9 heteroatoms. The fraction of sp³-hybridized carbons (Fsp3) is 0.0625. The van der Waals surface area contributed by atoms with Crippen LogP contribution in [0.15, 0.2) is 40.1 Å². The molecule has 0 aliphatic carbocycles. The van der Waals surface area contributed by atoms with Gasteiger partial charge in [-0.25, -0.2) is 4.52 Å². The first kappa shape index (κ1) is 16.1. The number of carbonyl (C=O) groups is 1. The van der Waals surface area contributed by atoms with Crippen LogP contribution in [-0.2, 0) is 0 Å². The second kappa shape index (κ2) is 6.18. The van der Waals surface area contributed by atoms with Gasteiger partial charge in [0.2, 0.25) is 4.96 Å². The molecule has 0 bridgehead atoms. The van der Waals surface area contributed by atoms with Gasteiger partial charge >= 0.3 is 0 Å². The molecule has 0 radical (unpaired) electrons. The predicted molar refractivity (Wildman–Crippen MR) is 97.7 cm³/mol. The molecule has 1 N–H and O–H groups in total. The number of benzene rings is 1. The summed E-state index contributed by atoms with van der Waals surface area (Å²) in [6.07, 6.45) is 0. The molecule has 3 aromatic heterocycles. The van der Waals surface area contributed by atoms with Crippen molar-refractivity contribution in [3.63, 3.8) is 0 Å². The van der Waals surface area contributed by atoms with Gasteiger partial charge in [0.15, 0.2) is 5.76 Å². The highest BCUT2D eigenvalue weighted by Gasteiger charge is 2.17. The van der Waals surface area contributed by atoms with Gasteiger partial charge in [0, 0.05) is 16.0 Å². The Morgan fingerprint density at radius 3 is 2.84 bits per heavy atom. The molecule has 0 unspecified atom stereocenters. The number of thiazole rings is 1. The topological polar surface area (TPSA) is 72.4 Å². The van der Waals surface area contributed by atoms with Crippen LogP contribution in [0.3, 0.4) is 0 Å². The number of nitrogens with one attached hydrogen (secondary N) is 1. The summed E-state index contributed by atoms with van der Waals surface area (Å²) in [5, 5.41) is 9.93. The molecule has 0 spiro atoms. The van der Waals surface area contributed by atoms with Gasteiger partial charge in [-0.2, -0.15) is 4.98 Å². The van der Waals surface area contributed by atoms with Crippen LogP contribution < -0.4 is 5.32 Å². The Bertz CT molecular complexity index is 1100. The van der Waals surface area contributed by atoms with Crippen molar-refractivity contribution in [1.29, 1.82) is 0 Å². The number of aromatic nitrogens is 3. The number of hydrogen-bond acceptors (Lipinski definition) is 5. The second-order valence-electron chi connectivity index (χ2n) is 5.24. The standard InChI is InChI=1S/C16H10Cl2N4O2S/c1-8-2-5-13(24-8)14(23)19-15-20-16-22(21-15)12(7-25-16)10-4-3-9(17)6-11(10)18/h2-7H,1H3,(H,19,21,23). The number of furan rings is 1. The van der Waals surface area contributed by atoms with Crippen LogP contribution in [0.25, 0.3) is 16.2 Å².